The number of carbonyl (C=O) groups is 1. The van der Waals surface area contributed by atoms with Crippen LogP contribution in [-0.4, -0.2) is 28.1 Å². The lowest BCUT2D eigenvalue weighted by molar-refractivity contribution is -0.187. The van der Waals surface area contributed by atoms with Crippen LogP contribution in [0.2, 0.25) is 0 Å². The molecule has 1 aliphatic carbocycles. The first-order valence-electron chi connectivity index (χ1n) is 8.38. The van der Waals surface area contributed by atoms with E-state index in [2.05, 4.69) is 15.3 Å². The van der Waals surface area contributed by atoms with Crippen molar-refractivity contribution in [2.45, 2.75) is 51.7 Å². The van der Waals surface area contributed by atoms with Gasteiger partial charge >= 0.3 is 6.18 Å². The monoisotopic (exact) mass is 351 g/mol. The Balaban J connectivity index is 1.83. The third-order valence-corrected chi connectivity index (χ3v) is 4.84. The summed E-state index contributed by atoms with van der Waals surface area (Å²) in [5, 5.41) is 2.58. The molecule has 0 saturated heterocycles. The highest BCUT2D eigenvalue weighted by molar-refractivity contribution is 5.97. The second-order valence-electron chi connectivity index (χ2n) is 6.61. The summed E-state index contributed by atoms with van der Waals surface area (Å²) in [5.74, 6) is -1.97. The first-order chi connectivity index (χ1) is 11.8. The predicted molar refractivity (Wildman–Crippen MR) is 88.3 cm³/mol. The van der Waals surface area contributed by atoms with E-state index < -0.39 is 24.0 Å². The minimum atomic E-state index is -4.29. The van der Waals surface area contributed by atoms with E-state index in [0.717, 1.165) is 11.4 Å². The number of alkyl halides is 3. The Labute approximate surface area is 143 Å². The van der Waals surface area contributed by atoms with Crippen molar-refractivity contribution < 1.29 is 18.0 Å². The van der Waals surface area contributed by atoms with Crippen molar-refractivity contribution in [3.05, 3.63) is 35.2 Å². The first-order valence-corrected chi connectivity index (χ1v) is 8.38. The van der Waals surface area contributed by atoms with Gasteiger partial charge in [0, 0.05) is 11.6 Å². The number of carbonyl (C=O) groups excluding carboxylic acids is 1. The van der Waals surface area contributed by atoms with Gasteiger partial charge in [0.1, 0.15) is 0 Å². The van der Waals surface area contributed by atoms with Crippen LogP contribution >= 0.6 is 0 Å². The van der Waals surface area contributed by atoms with E-state index in [-0.39, 0.29) is 6.42 Å². The Morgan fingerprint density at radius 2 is 1.72 bits per heavy atom. The summed E-state index contributed by atoms with van der Waals surface area (Å²) in [4.78, 5) is 21.2. The minimum Gasteiger partial charge on any atom is -0.349 e. The van der Waals surface area contributed by atoms with Crippen LogP contribution in [0.1, 0.15) is 47.4 Å². The summed E-state index contributed by atoms with van der Waals surface area (Å²) in [5.41, 5.74) is 3.09. The number of nitrogens with zero attached hydrogens (tertiary/aromatic N) is 2. The van der Waals surface area contributed by atoms with E-state index in [1.54, 1.807) is 18.2 Å². The largest absolute Gasteiger partial charge is 0.393 e. The lowest BCUT2D eigenvalue weighted by atomic mass is 9.84. The molecular formula is C18H20F3N3O. The fraction of sp³-hybridized carbons (Fsp3) is 0.500. The molecule has 0 bridgehead atoms. The molecule has 7 heteroatoms. The highest BCUT2D eigenvalue weighted by Crippen LogP contribution is 2.37. The summed E-state index contributed by atoms with van der Waals surface area (Å²) in [6.07, 6.45) is -2.64. The van der Waals surface area contributed by atoms with Crippen LogP contribution < -0.4 is 5.32 Å². The second-order valence-corrected chi connectivity index (χ2v) is 6.61. The molecule has 0 radical (unpaired) electrons. The SMILES string of the molecule is Cc1nc2ccc(C(=O)N[C@@H]3CCCC[C@@H]3C(F)(F)F)cc2nc1C. The van der Waals surface area contributed by atoms with Gasteiger partial charge in [-0.25, -0.2) is 9.97 Å². The average Bonchev–Trinajstić information content (AvgIpc) is 2.55. The smallest absolute Gasteiger partial charge is 0.349 e. The molecule has 134 valence electrons. The van der Waals surface area contributed by atoms with Gasteiger partial charge in [0.05, 0.1) is 28.3 Å². The van der Waals surface area contributed by atoms with Crippen molar-refractivity contribution in [1.29, 1.82) is 0 Å². The Kier molecular flexibility index (Phi) is 4.67. The zero-order valence-corrected chi connectivity index (χ0v) is 14.2. The Bertz CT molecular complexity index is 804. The summed E-state index contributed by atoms with van der Waals surface area (Å²) in [6, 6.07) is 3.95. The second kappa shape index (κ2) is 6.61. The van der Waals surface area contributed by atoms with Gasteiger partial charge < -0.3 is 5.32 Å². The molecule has 1 saturated carbocycles. The van der Waals surface area contributed by atoms with E-state index in [1.807, 2.05) is 13.8 Å². The molecule has 1 amide bonds. The molecule has 0 spiro atoms. The number of rotatable bonds is 2. The van der Waals surface area contributed by atoms with Crippen molar-refractivity contribution in [3.63, 3.8) is 0 Å². The molecule has 2 atom stereocenters. The van der Waals surface area contributed by atoms with E-state index in [4.69, 9.17) is 0 Å². The lowest BCUT2D eigenvalue weighted by Crippen LogP contribution is -2.47. The molecule has 1 heterocycles. The fourth-order valence-electron chi connectivity index (χ4n) is 3.32. The first kappa shape index (κ1) is 17.6. The number of nitrogens with one attached hydrogen (secondary N) is 1. The third kappa shape index (κ3) is 3.75. The molecule has 1 N–H and O–H groups in total. The van der Waals surface area contributed by atoms with E-state index in [1.165, 1.54) is 0 Å². The van der Waals surface area contributed by atoms with Gasteiger partial charge in [-0.2, -0.15) is 13.2 Å². The number of fused-ring (bicyclic) bond motifs is 1. The molecule has 0 unspecified atom stereocenters. The zero-order chi connectivity index (χ0) is 18.2. The molecule has 1 fully saturated rings. The van der Waals surface area contributed by atoms with Crippen LogP contribution in [0.15, 0.2) is 18.2 Å². The fourth-order valence-corrected chi connectivity index (χ4v) is 3.32. The summed E-state index contributed by atoms with van der Waals surface area (Å²) in [6.45, 7) is 3.67. The molecule has 0 aliphatic heterocycles. The van der Waals surface area contributed by atoms with Crippen molar-refractivity contribution in [2.24, 2.45) is 5.92 Å². The molecule has 1 aliphatic rings. The topological polar surface area (TPSA) is 54.9 Å². The van der Waals surface area contributed by atoms with E-state index >= 15 is 0 Å². The van der Waals surface area contributed by atoms with Crippen molar-refractivity contribution >= 4 is 16.9 Å². The van der Waals surface area contributed by atoms with Crippen LogP contribution in [0.5, 0.6) is 0 Å². The number of hydrogen-bond acceptors (Lipinski definition) is 3. The number of amides is 1. The van der Waals surface area contributed by atoms with Gasteiger partial charge in [-0.15, -0.1) is 0 Å². The number of benzene rings is 1. The molecule has 1 aromatic heterocycles. The van der Waals surface area contributed by atoms with Gasteiger partial charge in [0.25, 0.3) is 5.91 Å². The van der Waals surface area contributed by atoms with Gasteiger partial charge in [-0.05, 0) is 44.9 Å². The van der Waals surface area contributed by atoms with Crippen LogP contribution in [0, 0.1) is 19.8 Å². The third-order valence-electron chi connectivity index (χ3n) is 4.84. The van der Waals surface area contributed by atoms with Crippen molar-refractivity contribution in [1.82, 2.24) is 15.3 Å². The van der Waals surface area contributed by atoms with Crippen LogP contribution in [0.3, 0.4) is 0 Å². The number of halogens is 3. The maximum atomic E-state index is 13.2. The van der Waals surface area contributed by atoms with Gasteiger partial charge in [0.2, 0.25) is 0 Å². The van der Waals surface area contributed by atoms with Crippen molar-refractivity contribution in [2.75, 3.05) is 0 Å². The lowest BCUT2D eigenvalue weighted by Gasteiger charge is -2.33. The highest BCUT2D eigenvalue weighted by Gasteiger charge is 2.46. The minimum absolute atomic E-state index is 0.0656. The number of hydrogen-bond donors (Lipinski definition) is 1. The summed E-state index contributed by atoms with van der Waals surface area (Å²) < 4.78 is 39.5. The van der Waals surface area contributed by atoms with E-state index in [9.17, 15) is 18.0 Å². The van der Waals surface area contributed by atoms with Crippen LogP contribution in [0.25, 0.3) is 11.0 Å². The normalized spacial score (nSPS) is 21.3. The van der Waals surface area contributed by atoms with Gasteiger partial charge in [0.15, 0.2) is 0 Å². The van der Waals surface area contributed by atoms with Crippen LogP contribution in [-0.2, 0) is 0 Å². The molecule has 4 nitrogen and oxygen atoms in total. The van der Waals surface area contributed by atoms with Crippen molar-refractivity contribution in [3.8, 4) is 0 Å². The predicted octanol–water partition coefficient (Wildman–Crippen LogP) is 4.10. The van der Waals surface area contributed by atoms with Gasteiger partial charge in [-0.3, -0.25) is 4.79 Å². The van der Waals surface area contributed by atoms with Crippen LogP contribution in [0.4, 0.5) is 13.2 Å². The Morgan fingerprint density at radius 1 is 1.08 bits per heavy atom. The molecule has 1 aromatic carbocycles. The maximum absolute atomic E-state index is 13.2. The summed E-state index contributed by atoms with van der Waals surface area (Å²) in [7, 11) is 0. The number of aromatic nitrogens is 2. The molecule has 2 aromatic rings. The number of aryl methyl sites for hydroxylation is 2. The molecular weight excluding hydrogens is 331 g/mol. The van der Waals surface area contributed by atoms with E-state index in [0.29, 0.717) is 35.9 Å². The maximum Gasteiger partial charge on any atom is 0.393 e. The summed E-state index contributed by atoms with van der Waals surface area (Å²) >= 11 is 0. The quantitative estimate of drug-likeness (QED) is 0.886. The molecule has 25 heavy (non-hydrogen) atoms. The van der Waals surface area contributed by atoms with Gasteiger partial charge in [-0.1, -0.05) is 12.8 Å². The Morgan fingerprint density at radius 3 is 2.40 bits per heavy atom. The zero-order valence-electron chi connectivity index (χ0n) is 14.2. The average molecular weight is 351 g/mol. The standard InChI is InChI=1S/C18H20F3N3O/c1-10-11(2)23-16-9-12(7-8-15(16)22-10)17(25)24-14-6-4-3-5-13(14)18(19,20)21/h7-9,13-14H,3-6H2,1-2H3,(H,24,25)/t13-,14+/m0/s1. The Hall–Kier alpha value is -2.18. The molecule has 3 rings (SSSR count). The highest BCUT2D eigenvalue weighted by atomic mass is 19.4.